The van der Waals surface area contributed by atoms with Crippen molar-refractivity contribution >= 4 is 11.9 Å². The van der Waals surface area contributed by atoms with Gasteiger partial charge < -0.3 is 9.64 Å². The van der Waals surface area contributed by atoms with Crippen LogP contribution >= 0.6 is 0 Å². The zero-order valence-corrected chi connectivity index (χ0v) is 14.6. The van der Waals surface area contributed by atoms with Gasteiger partial charge >= 0.3 is 5.97 Å². The number of hydrogen-bond donors (Lipinski definition) is 0. The molecule has 0 bridgehead atoms. The monoisotopic (exact) mass is 339 g/mol. The van der Waals surface area contributed by atoms with E-state index in [9.17, 15) is 9.59 Å². The Morgan fingerprint density at radius 1 is 1.08 bits per heavy atom. The molecule has 0 saturated carbocycles. The standard InChI is InChI=1S/C20H23N2O3/c1-16(2)20(24)25-19-9-7-18(8-10-19)15-22(17(3)23)14-13-21-11-5-4-6-12-21/h4-12H,1,13-15H2,2-3H3/q+1. The maximum absolute atomic E-state index is 11.9. The highest BCUT2D eigenvalue weighted by Crippen LogP contribution is 2.15. The largest absolute Gasteiger partial charge is 0.423 e. The molecule has 0 fully saturated rings. The van der Waals surface area contributed by atoms with Crippen LogP contribution in [-0.4, -0.2) is 23.3 Å². The average Bonchev–Trinajstić information content (AvgIpc) is 2.60. The topological polar surface area (TPSA) is 50.5 Å². The van der Waals surface area contributed by atoms with Gasteiger partial charge in [0.05, 0.1) is 6.54 Å². The first-order chi connectivity index (χ1) is 12.0. The molecule has 1 aromatic heterocycles. The van der Waals surface area contributed by atoms with Gasteiger partial charge in [-0.05, 0) is 24.6 Å². The third-order valence-electron chi connectivity index (χ3n) is 3.71. The van der Waals surface area contributed by atoms with Gasteiger partial charge in [0.2, 0.25) is 5.91 Å². The summed E-state index contributed by atoms with van der Waals surface area (Å²) < 4.78 is 7.20. The second-order valence-electron chi connectivity index (χ2n) is 5.87. The van der Waals surface area contributed by atoms with Gasteiger partial charge in [-0.25, -0.2) is 9.36 Å². The maximum Gasteiger partial charge on any atom is 0.338 e. The minimum absolute atomic E-state index is 0.0225. The fourth-order valence-corrected chi connectivity index (χ4v) is 2.24. The van der Waals surface area contributed by atoms with E-state index in [-0.39, 0.29) is 5.91 Å². The summed E-state index contributed by atoms with van der Waals surface area (Å²) in [7, 11) is 0. The molecule has 0 atom stereocenters. The summed E-state index contributed by atoms with van der Waals surface area (Å²) >= 11 is 0. The van der Waals surface area contributed by atoms with Crippen molar-refractivity contribution in [2.24, 2.45) is 0 Å². The fourth-order valence-electron chi connectivity index (χ4n) is 2.24. The Kier molecular flexibility index (Phi) is 6.46. The number of carbonyl (C=O) groups is 2. The molecule has 0 aliphatic carbocycles. The van der Waals surface area contributed by atoms with Crippen LogP contribution in [0.25, 0.3) is 0 Å². The van der Waals surface area contributed by atoms with Crippen LogP contribution in [-0.2, 0) is 22.7 Å². The fraction of sp³-hybridized carbons (Fsp3) is 0.250. The Bertz CT molecular complexity index is 739. The molecule has 25 heavy (non-hydrogen) atoms. The number of hydrogen-bond acceptors (Lipinski definition) is 3. The molecule has 2 aromatic rings. The second-order valence-corrected chi connectivity index (χ2v) is 5.87. The Morgan fingerprint density at radius 2 is 1.72 bits per heavy atom. The van der Waals surface area contributed by atoms with E-state index >= 15 is 0 Å². The molecule has 1 amide bonds. The number of ether oxygens (including phenoxy) is 1. The predicted molar refractivity (Wildman–Crippen MR) is 94.6 cm³/mol. The highest BCUT2D eigenvalue weighted by molar-refractivity contribution is 5.88. The molecular formula is C20H23N2O3+. The van der Waals surface area contributed by atoms with Crippen molar-refractivity contribution in [3.8, 4) is 5.75 Å². The minimum Gasteiger partial charge on any atom is -0.423 e. The van der Waals surface area contributed by atoms with Gasteiger partial charge in [-0.2, -0.15) is 0 Å². The first-order valence-corrected chi connectivity index (χ1v) is 8.12. The van der Waals surface area contributed by atoms with E-state index in [1.807, 2.05) is 47.3 Å². The molecule has 0 aliphatic heterocycles. The number of amides is 1. The SMILES string of the molecule is C=C(C)C(=O)Oc1ccc(CN(CC[n+]2ccccc2)C(C)=O)cc1. The zero-order chi connectivity index (χ0) is 18.2. The molecule has 0 N–H and O–H groups in total. The normalized spacial score (nSPS) is 10.2. The van der Waals surface area contributed by atoms with E-state index in [0.717, 1.165) is 12.1 Å². The number of nitrogens with zero attached hydrogens (tertiary/aromatic N) is 2. The van der Waals surface area contributed by atoms with Gasteiger partial charge in [0.15, 0.2) is 18.9 Å². The van der Waals surface area contributed by atoms with Gasteiger partial charge in [-0.3, -0.25) is 4.79 Å². The van der Waals surface area contributed by atoms with Crippen molar-refractivity contribution < 1.29 is 18.9 Å². The summed E-state index contributed by atoms with van der Waals surface area (Å²) in [5, 5.41) is 0. The predicted octanol–water partition coefficient (Wildman–Crippen LogP) is 2.50. The quantitative estimate of drug-likeness (QED) is 0.337. The van der Waals surface area contributed by atoms with Crippen LogP contribution in [0.4, 0.5) is 0 Å². The lowest BCUT2D eigenvalue weighted by molar-refractivity contribution is -0.696. The second kappa shape index (κ2) is 8.78. The zero-order valence-electron chi connectivity index (χ0n) is 14.6. The molecular weight excluding hydrogens is 316 g/mol. The molecule has 1 aromatic carbocycles. The lowest BCUT2D eigenvalue weighted by Gasteiger charge is -2.19. The summed E-state index contributed by atoms with van der Waals surface area (Å²) in [5.74, 6) is 0.0401. The number of carbonyl (C=O) groups excluding carboxylic acids is 2. The van der Waals surface area contributed by atoms with Crippen LogP contribution in [0.3, 0.4) is 0 Å². The van der Waals surface area contributed by atoms with Crippen LogP contribution in [0.5, 0.6) is 5.75 Å². The van der Waals surface area contributed by atoms with Gasteiger partial charge in [0, 0.05) is 31.2 Å². The van der Waals surface area contributed by atoms with Crippen LogP contribution in [0.1, 0.15) is 19.4 Å². The van der Waals surface area contributed by atoms with E-state index in [4.69, 9.17) is 4.74 Å². The van der Waals surface area contributed by atoms with Crippen LogP contribution in [0, 0.1) is 0 Å². The molecule has 0 unspecified atom stereocenters. The lowest BCUT2D eigenvalue weighted by Crippen LogP contribution is -2.41. The third-order valence-corrected chi connectivity index (χ3v) is 3.71. The molecule has 2 rings (SSSR count). The average molecular weight is 339 g/mol. The van der Waals surface area contributed by atoms with Gasteiger partial charge in [0.25, 0.3) is 0 Å². The molecule has 130 valence electrons. The Labute approximate surface area is 148 Å². The summed E-state index contributed by atoms with van der Waals surface area (Å²) in [4.78, 5) is 25.2. The lowest BCUT2D eigenvalue weighted by atomic mass is 10.2. The van der Waals surface area contributed by atoms with Crippen LogP contribution in [0.15, 0.2) is 67.0 Å². The van der Waals surface area contributed by atoms with Crippen LogP contribution in [0.2, 0.25) is 0 Å². The number of rotatable bonds is 7. The molecule has 0 spiro atoms. The molecule has 0 radical (unpaired) electrons. The summed E-state index contributed by atoms with van der Waals surface area (Å²) in [6.45, 7) is 8.59. The Hall–Kier alpha value is -2.95. The third kappa shape index (κ3) is 5.88. The highest BCUT2D eigenvalue weighted by atomic mass is 16.5. The Morgan fingerprint density at radius 3 is 2.28 bits per heavy atom. The number of esters is 1. The molecule has 0 saturated heterocycles. The molecule has 0 aliphatic rings. The van der Waals surface area contributed by atoms with E-state index in [2.05, 4.69) is 6.58 Å². The summed E-state index contributed by atoms with van der Waals surface area (Å²) in [5.41, 5.74) is 1.33. The van der Waals surface area contributed by atoms with Crippen molar-refractivity contribution in [1.82, 2.24) is 4.90 Å². The van der Waals surface area contributed by atoms with E-state index < -0.39 is 5.97 Å². The van der Waals surface area contributed by atoms with Crippen molar-refractivity contribution in [2.75, 3.05) is 6.54 Å². The first kappa shape index (κ1) is 18.4. The van der Waals surface area contributed by atoms with E-state index in [0.29, 0.717) is 24.4 Å². The van der Waals surface area contributed by atoms with Crippen molar-refractivity contribution in [3.05, 3.63) is 72.6 Å². The number of pyridine rings is 1. The number of aromatic nitrogens is 1. The first-order valence-electron chi connectivity index (χ1n) is 8.12. The smallest absolute Gasteiger partial charge is 0.338 e. The van der Waals surface area contributed by atoms with Crippen molar-refractivity contribution in [2.45, 2.75) is 26.9 Å². The van der Waals surface area contributed by atoms with E-state index in [1.54, 1.807) is 30.9 Å². The van der Waals surface area contributed by atoms with Gasteiger partial charge in [-0.1, -0.05) is 24.8 Å². The maximum atomic E-state index is 11.9. The summed E-state index contributed by atoms with van der Waals surface area (Å²) in [6, 6.07) is 13.0. The summed E-state index contributed by atoms with van der Waals surface area (Å²) in [6.07, 6.45) is 3.95. The minimum atomic E-state index is -0.446. The Balaban J connectivity index is 1.96. The molecule has 5 nitrogen and oxygen atoms in total. The van der Waals surface area contributed by atoms with Crippen molar-refractivity contribution in [1.29, 1.82) is 0 Å². The van der Waals surface area contributed by atoms with Crippen molar-refractivity contribution in [3.63, 3.8) is 0 Å². The van der Waals surface area contributed by atoms with Crippen LogP contribution < -0.4 is 9.30 Å². The highest BCUT2D eigenvalue weighted by Gasteiger charge is 2.12. The van der Waals surface area contributed by atoms with E-state index in [1.165, 1.54) is 0 Å². The van der Waals surface area contributed by atoms with Gasteiger partial charge in [0.1, 0.15) is 5.75 Å². The molecule has 5 heteroatoms. The molecule has 1 heterocycles. The van der Waals surface area contributed by atoms with Gasteiger partial charge in [-0.15, -0.1) is 0 Å². The number of benzene rings is 1.